The molecule has 0 aromatic heterocycles. The van der Waals surface area contributed by atoms with E-state index in [1.165, 1.54) is 0 Å². The van der Waals surface area contributed by atoms with Gasteiger partial charge in [-0.3, -0.25) is 9.59 Å². The summed E-state index contributed by atoms with van der Waals surface area (Å²) in [5, 5.41) is 11.4. The average molecular weight is 293 g/mol. The lowest BCUT2D eigenvalue weighted by atomic mass is 10.0. The van der Waals surface area contributed by atoms with Gasteiger partial charge in [-0.25, -0.2) is 4.79 Å². The number of carbonyl (C=O) groups is 3. The van der Waals surface area contributed by atoms with Crippen LogP contribution in [0.1, 0.15) is 36.2 Å². The number of esters is 1. The van der Waals surface area contributed by atoms with E-state index < -0.39 is 23.9 Å². The van der Waals surface area contributed by atoms with Crippen LogP contribution < -0.4 is 5.32 Å². The highest BCUT2D eigenvalue weighted by Gasteiger charge is 2.23. The number of ether oxygens (including phenoxy) is 1. The maximum atomic E-state index is 12.1. The quantitative estimate of drug-likeness (QED) is 0.741. The van der Waals surface area contributed by atoms with Gasteiger partial charge in [-0.1, -0.05) is 32.0 Å². The van der Waals surface area contributed by atoms with E-state index in [1.54, 1.807) is 19.1 Å². The minimum atomic E-state index is -1.27. The standard InChI is InChI=1S/C15H19NO5/c1-3-10-7-5-6-8-11(10)14(18)16-12(15(19)20)9-21-13(17)4-2/h5-8,12H,3-4,9H2,1-2H3,(H,16,18)(H,19,20)/t12-/m0/s1. The molecule has 0 fully saturated rings. The summed E-state index contributed by atoms with van der Waals surface area (Å²) in [5.74, 6) is -2.25. The van der Waals surface area contributed by atoms with Crippen molar-refractivity contribution in [2.24, 2.45) is 0 Å². The molecule has 0 aliphatic carbocycles. The zero-order chi connectivity index (χ0) is 15.8. The van der Waals surface area contributed by atoms with E-state index >= 15 is 0 Å². The van der Waals surface area contributed by atoms with Gasteiger partial charge in [-0.2, -0.15) is 0 Å². The van der Waals surface area contributed by atoms with Crippen LogP contribution in [-0.4, -0.2) is 35.6 Å². The number of carbonyl (C=O) groups excluding carboxylic acids is 2. The van der Waals surface area contributed by atoms with E-state index in [0.29, 0.717) is 12.0 Å². The van der Waals surface area contributed by atoms with Gasteiger partial charge in [0.1, 0.15) is 6.61 Å². The molecule has 0 aliphatic heterocycles. The number of aliphatic carboxylic acids is 1. The van der Waals surface area contributed by atoms with Gasteiger partial charge in [0.05, 0.1) is 0 Å². The van der Waals surface area contributed by atoms with Crippen molar-refractivity contribution in [3.63, 3.8) is 0 Å². The minimum absolute atomic E-state index is 0.152. The summed E-state index contributed by atoms with van der Waals surface area (Å²) < 4.78 is 4.77. The van der Waals surface area contributed by atoms with Gasteiger partial charge in [-0.05, 0) is 18.1 Å². The lowest BCUT2D eigenvalue weighted by molar-refractivity contribution is -0.148. The summed E-state index contributed by atoms with van der Waals surface area (Å²) in [4.78, 5) is 34.3. The smallest absolute Gasteiger partial charge is 0.329 e. The molecule has 21 heavy (non-hydrogen) atoms. The van der Waals surface area contributed by atoms with E-state index in [0.717, 1.165) is 5.56 Å². The van der Waals surface area contributed by atoms with Gasteiger partial charge in [0.2, 0.25) is 0 Å². The molecule has 0 unspecified atom stereocenters. The van der Waals surface area contributed by atoms with Crippen LogP contribution in [-0.2, 0) is 20.7 Å². The molecule has 1 rings (SSSR count). The predicted octanol–water partition coefficient (Wildman–Crippen LogP) is 1.39. The molecule has 1 amide bonds. The van der Waals surface area contributed by atoms with Crippen molar-refractivity contribution in [1.29, 1.82) is 0 Å². The lowest BCUT2D eigenvalue weighted by Crippen LogP contribution is -2.44. The van der Waals surface area contributed by atoms with Crippen LogP contribution in [0, 0.1) is 0 Å². The number of carboxylic acids is 1. The first-order chi connectivity index (χ1) is 9.99. The van der Waals surface area contributed by atoms with Crippen LogP contribution >= 0.6 is 0 Å². The first kappa shape index (κ1) is 16.7. The van der Waals surface area contributed by atoms with Crippen molar-refractivity contribution in [1.82, 2.24) is 5.32 Å². The summed E-state index contributed by atoms with van der Waals surface area (Å²) in [6.07, 6.45) is 0.811. The van der Waals surface area contributed by atoms with Crippen molar-refractivity contribution in [2.45, 2.75) is 32.7 Å². The second-order valence-corrected chi connectivity index (χ2v) is 4.41. The third-order valence-corrected chi connectivity index (χ3v) is 2.95. The summed E-state index contributed by atoms with van der Waals surface area (Å²) >= 11 is 0. The summed E-state index contributed by atoms with van der Waals surface area (Å²) in [6.45, 7) is 3.13. The van der Waals surface area contributed by atoms with Crippen LogP contribution in [0.4, 0.5) is 0 Å². The largest absolute Gasteiger partial charge is 0.480 e. The molecule has 0 saturated heterocycles. The number of rotatable bonds is 7. The molecule has 6 nitrogen and oxygen atoms in total. The van der Waals surface area contributed by atoms with Crippen LogP contribution in [0.15, 0.2) is 24.3 Å². The fraction of sp³-hybridized carbons (Fsp3) is 0.400. The van der Waals surface area contributed by atoms with Crippen molar-refractivity contribution in [3.05, 3.63) is 35.4 Å². The molecule has 0 heterocycles. The van der Waals surface area contributed by atoms with Gasteiger partial charge in [0.15, 0.2) is 6.04 Å². The molecule has 0 bridgehead atoms. The molecule has 0 spiro atoms. The maximum absolute atomic E-state index is 12.1. The Hall–Kier alpha value is -2.37. The maximum Gasteiger partial charge on any atom is 0.329 e. The molecule has 0 radical (unpaired) electrons. The van der Waals surface area contributed by atoms with Crippen molar-refractivity contribution >= 4 is 17.8 Å². The Morgan fingerprint density at radius 3 is 2.48 bits per heavy atom. The number of hydrogen-bond acceptors (Lipinski definition) is 4. The minimum Gasteiger partial charge on any atom is -0.480 e. The first-order valence-corrected chi connectivity index (χ1v) is 6.76. The molecular formula is C15H19NO5. The Labute approximate surface area is 123 Å². The number of hydrogen-bond donors (Lipinski definition) is 2. The molecule has 6 heteroatoms. The summed E-state index contributed by atoms with van der Waals surface area (Å²) in [7, 11) is 0. The highest BCUT2D eigenvalue weighted by atomic mass is 16.5. The average Bonchev–Trinajstić information content (AvgIpc) is 2.50. The van der Waals surface area contributed by atoms with Crippen LogP contribution in [0.2, 0.25) is 0 Å². The summed E-state index contributed by atoms with van der Waals surface area (Å²) in [6, 6.07) is 5.69. The number of carboxylic acid groups (broad SMARTS) is 1. The fourth-order valence-corrected chi connectivity index (χ4v) is 1.74. The Morgan fingerprint density at radius 2 is 1.90 bits per heavy atom. The van der Waals surface area contributed by atoms with Gasteiger partial charge in [0.25, 0.3) is 5.91 Å². The van der Waals surface area contributed by atoms with E-state index in [4.69, 9.17) is 9.84 Å². The van der Waals surface area contributed by atoms with E-state index in [-0.39, 0.29) is 13.0 Å². The number of aryl methyl sites for hydroxylation is 1. The van der Waals surface area contributed by atoms with Gasteiger partial charge in [0, 0.05) is 12.0 Å². The lowest BCUT2D eigenvalue weighted by Gasteiger charge is -2.15. The van der Waals surface area contributed by atoms with Crippen LogP contribution in [0.25, 0.3) is 0 Å². The molecule has 114 valence electrons. The highest BCUT2D eigenvalue weighted by Crippen LogP contribution is 2.09. The monoisotopic (exact) mass is 293 g/mol. The first-order valence-electron chi connectivity index (χ1n) is 6.76. The SMILES string of the molecule is CCC(=O)OC[C@H](NC(=O)c1ccccc1CC)C(=O)O. The molecule has 0 aliphatic rings. The highest BCUT2D eigenvalue weighted by molar-refractivity contribution is 5.97. The zero-order valence-electron chi connectivity index (χ0n) is 12.1. The Balaban J connectivity index is 2.76. The molecule has 1 aromatic rings. The Bertz CT molecular complexity index is 527. The zero-order valence-corrected chi connectivity index (χ0v) is 12.1. The third kappa shape index (κ3) is 4.91. The Kier molecular flexibility index (Phi) is 6.39. The van der Waals surface area contributed by atoms with Crippen molar-refractivity contribution in [3.8, 4) is 0 Å². The molecular weight excluding hydrogens is 274 g/mol. The normalized spacial score (nSPS) is 11.5. The number of amides is 1. The van der Waals surface area contributed by atoms with Gasteiger partial charge in [-0.15, -0.1) is 0 Å². The fourth-order valence-electron chi connectivity index (χ4n) is 1.74. The number of benzene rings is 1. The molecule has 1 aromatic carbocycles. The van der Waals surface area contributed by atoms with Crippen LogP contribution in [0.5, 0.6) is 0 Å². The second kappa shape index (κ2) is 8.04. The van der Waals surface area contributed by atoms with Gasteiger partial charge < -0.3 is 15.2 Å². The predicted molar refractivity (Wildman–Crippen MR) is 76.0 cm³/mol. The van der Waals surface area contributed by atoms with E-state index in [2.05, 4.69) is 5.32 Å². The van der Waals surface area contributed by atoms with E-state index in [9.17, 15) is 14.4 Å². The van der Waals surface area contributed by atoms with Crippen molar-refractivity contribution < 1.29 is 24.2 Å². The summed E-state index contributed by atoms with van der Waals surface area (Å²) in [5.41, 5.74) is 1.25. The van der Waals surface area contributed by atoms with Crippen molar-refractivity contribution in [2.75, 3.05) is 6.61 Å². The second-order valence-electron chi connectivity index (χ2n) is 4.41. The van der Waals surface area contributed by atoms with E-state index in [1.807, 2.05) is 19.1 Å². The van der Waals surface area contributed by atoms with Crippen LogP contribution in [0.3, 0.4) is 0 Å². The number of nitrogens with one attached hydrogen (secondary N) is 1. The Morgan fingerprint density at radius 1 is 1.24 bits per heavy atom. The molecule has 2 N–H and O–H groups in total. The third-order valence-electron chi connectivity index (χ3n) is 2.95. The molecule has 0 saturated carbocycles. The molecule has 1 atom stereocenters. The van der Waals surface area contributed by atoms with Gasteiger partial charge >= 0.3 is 11.9 Å². The topological polar surface area (TPSA) is 92.7 Å².